The number of hydrogen-bond donors (Lipinski definition) is 1. The molecule has 0 aliphatic heterocycles. The average Bonchev–Trinajstić information content (AvgIpc) is 3.14. The fraction of sp³-hybridized carbons (Fsp3) is 0.357. The Kier molecular flexibility index (Phi) is 3.10. The van der Waals surface area contributed by atoms with Gasteiger partial charge >= 0.3 is 0 Å². The molecule has 2 aromatic rings. The van der Waals surface area contributed by atoms with Crippen LogP contribution in [-0.4, -0.2) is 14.9 Å². The van der Waals surface area contributed by atoms with Gasteiger partial charge in [0.2, 0.25) is 0 Å². The van der Waals surface area contributed by atoms with E-state index in [1.165, 1.54) is 18.5 Å². The maximum atomic E-state index is 9.35. The summed E-state index contributed by atoms with van der Waals surface area (Å²) < 4.78 is 1.98. The van der Waals surface area contributed by atoms with Gasteiger partial charge in [-0.1, -0.05) is 29.8 Å². The Labute approximate surface area is 111 Å². The van der Waals surface area contributed by atoms with E-state index in [4.69, 9.17) is 11.6 Å². The van der Waals surface area contributed by atoms with Crippen LogP contribution in [0.4, 0.5) is 0 Å². The summed E-state index contributed by atoms with van der Waals surface area (Å²) in [6.07, 6.45) is 4.16. The van der Waals surface area contributed by atoms with Crippen LogP contribution in [0.25, 0.3) is 0 Å². The first-order valence-corrected chi connectivity index (χ1v) is 6.56. The van der Waals surface area contributed by atoms with Crippen LogP contribution in [0.5, 0.6) is 0 Å². The number of aliphatic hydroxyl groups excluding tert-OH is 1. The van der Waals surface area contributed by atoms with E-state index in [-0.39, 0.29) is 6.61 Å². The van der Waals surface area contributed by atoms with Gasteiger partial charge in [0.25, 0.3) is 0 Å². The first-order valence-electron chi connectivity index (χ1n) is 6.18. The highest BCUT2D eigenvalue weighted by atomic mass is 35.5. The Morgan fingerprint density at radius 2 is 2.06 bits per heavy atom. The Balaban J connectivity index is 1.93. The molecule has 18 heavy (non-hydrogen) atoms. The van der Waals surface area contributed by atoms with Crippen LogP contribution in [-0.2, 0) is 13.2 Å². The van der Waals surface area contributed by atoms with Crippen molar-refractivity contribution in [2.24, 2.45) is 0 Å². The first-order chi connectivity index (χ1) is 8.79. The molecule has 1 saturated carbocycles. The largest absolute Gasteiger partial charge is 0.392 e. The zero-order valence-electron chi connectivity index (χ0n) is 10.0. The van der Waals surface area contributed by atoms with E-state index in [9.17, 15) is 5.11 Å². The van der Waals surface area contributed by atoms with Crippen molar-refractivity contribution in [3.8, 4) is 0 Å². The van der Waals surface area contributed by atoms with Gasteiger partial charge < -0.3 is 5.11 Å². The molecule has 1 aliphatic rings. The van der Waals surface area contributed by atoms with Crippen molar-refractivity contribution in [3.05, 3.63) is 52.3 Å². The van der Waals surface area contributed by atoms with Crippen LogP contribution in [0.3, 0.4) is 0 Å². The minimum Gasteiger partial charge on any atom is -0.392 e. The number of hydrogen-bond acceptors (Lipinski definition) is 2. The van der Waals surface area contributed by atoms with Crippen LogP contribution in [0.1, 0.15) is 35.6 Å². The summed E-state index contributed by atoms with van der Waals surface area (Å²) in [6.45, 7) is 0.736. The van der Waals surface area contributed by atoms with Crippen molar-refractivity contribution < 1.29 is 5.11 Å². The van der Waals surface area contributed by atoms with Gasteiger partial charge in [-0.25, -0.2) is 0 Å². The molecule has 0 atom stereocenters. The highest BCUT2D eigenvalue weighted by Crippen LogP contribution is 2.41. The quantitative estimate of drug-likeness (QED) is 0.920. The summed E-state index contributed by atoms with van der Waals surface area (Å²) >= 11 is 6.17. The van der Waals surface area contributed by atoms with Gasteiger partial charge in [0, 0.05) is 22.2 Å². The molecular weight excluding hydrogens is 248 g/mol. The van der Waals surface area contributed by atoms with E-state index in [2.05, 4.69) is 5.10 Å². The number of halogens is 1. The number of aliphatic hydroxyl groups is 1. The molecular formula is C14H15ClN2O. The van der Waals surface area contributed by atoms with Crippen molar-refractivity contribution >= 4 is 11.6 Å². The van der Waals surface area contributed by atoms with Crippen LogP contribution in [0, 0.1) is 0 Å². The molecule has 0 saturated heterocycles. The summed E-state index contributed by atoms with van der Waals surface area (Å²) in [5.41, 5.74) is 3.19. The SMILES string of the molecule is OCc1cnn(Cc2ccccc2Cl)c1C1CC1. The molecule has 3 nitrogen and oxygen atoms in total. The standard InChI is InChI=1S/C14H15ClN2O/c15-13-4-2-1-3-11(13)8-17-14(10-5-6-10)12(9-18)7-16-17/h1-4,7,10,18H,5-6,8-9H2. The summed E-state index contributed by atoms with van der Waals surface area (Å²) in [6, 6.07) is 7.81. The van der Waals surface area contributed by atoms with E-state index in [0.29, 0.717) is 12.5 Å². The maximum absolute atomic E-state index is 9.35. The van der Waals surface area contributed by atoms with Gasteiger partial charge in [0.15, 0.2) is 0 Å². The average molecular weight is 263 g/mol. The number of nitrogens with zero attached hydrogens (tertiary/aromatic N) is 2. The Bertz CT molecular complexity index is 561. The molecule has 4 heteroatoms. The fourth-order valence-corrected chi connectivity index (χ4v) is 2.49. The van der Waals surface area contributed by atoms with Crippen molar-refractivity contribution in [2.75, 3.05) is 0 Å². The fourth-order valence-electron chi connectivity index (χ4n) is 2.30. The molecule has 1 aromatic carbocycles. The lowest BCUT2D eigenvalue weighted by molar-refractivity contribution is 0.280. The molecule has 0 radical (unpaired) electrons. The van der Waals surface area contributed by atoms with Gasteiger partial charge in [-0.2, -0.15) is 5.10 Å². The van der Waals surface area contributed by atoms with Gasteiger partial charge in [0.05, 0.1) is 19.3 Å². The Morgan fingerprint density at radius 3 is 2.72 bits per heavy atom. The number of aromatic nitrogens is 2. The molecule has 1 N–H and O–H groups in total. The second-order valence-corrected chi connectivity index (χ2v) is 5.14. The number of benzene rings is 1. The van der Waals surface area contributed by atoms with E-state index in [0.717, 1.165) is 16.1 Å². The van der Waals surface area contributed by atoms with Gasteiger partial charge in [-0.15, -0.1) is 0 Å². The second-order valence-electron chi connectivity index (χ2n) is 4.74. The molecule has 1 aliphatic carbocycles. The summed E-state index contributed by atoms with van der Waals surface area (Å²) in [5, 5.41) is 14.5. The van der Waals surface area contributed by atoms with E-state index in [1.54, 1.807) is 6.20 Å². The monoisotopic (exact) mass is 262 g/mol. The molecule has 1 fully saturated rings. The first kappa shape index (κ1) is 11.8. The van der Waals surface area contributed by atoms with E-state index in [1.807, 2.05) is 28.9 Å². The summed E-state index contributed by atoms with van der Waals surface area (Å²) in [5.74, 6) is 0.567. The molecule has 0 spiro atoms. The topological polar surface area (TPSA) is 38.1 Å². The van der Waals surface area contributed by atoms with Crippen LogP contribution < -0.4 is 0 Å². The van der Waals surface area contributed by atoms with Gasteiger partial charge in [0.1, 0.15) is 0 Å². The molecule has 0 bridgehead atoms. The normalized spacial score (nSPS) is 15.0. The second kappa shape index (κ2) is 4.75. The van der Waals surface area contributed by atoms with E-state index < -0.39 is 0 Å². The molecule has 0 amide bonds. The predicted molar refractivity (Wildman–Crippen MR) is 70.7 cm³/mol. The zero-order valence-corrected chi connectivity index (χ0v) is 10.8. The van der Waals surface area contributed by atoms with Crippen molar-refractivity contribution in [3.63, 3.8) is 0 Å². The van der Waals surface area contributed by atoms with Gasteiger partial charge in [-0.05, 0) is 24.5 Å². The van der Waals surface area contributed by atoms with Crippen molar-refractivity contribution in [1.82, 2.24) is 9.78 Å². The predicted octanol–water partition coefficient (Wildman–Crippen LogP) is 2.95. The maximum Gasteiger partial charge on any atom is 0.0715 e. The highest BCUT2D eigenvalue weighted by Gasteiger charge is 2.30. The van der Waals surface area contributed by atoms with Crippen LogP contribution >= 0.6 is 11.6 Å². The third kappa shape index (κ3) is 2.16. The molecule has 1 aromatic heterocycles. The molecule has 1 heterocycles. The summed E-state index contributed by atoms with van der Waals surface area (Å²) in [7, 11) is 0. The lowest BCUT2D eigenvalue weighted by atomic mass is 10.1. The minimum absolute atomic E-state index is 0.0638. The third-order valence-electron chi connectivity index (χ3n) is 3.37. The van der Waals surface area contributed by atoms with E-state index >= 15 is 0 Å². The van der Waals surface area contributed by atoms with Crippen LogP contribution in [0.15, 0.2) is 30.5 Å². The minimum atomic E-state index is 0.0638. The third-order valence-corrected chi connectivity index (χ3v) is 3.74. The molecule has 3 rings (SSSR count). The molecule has 94 valence electrons. The zero-order chi connectivity index (χ0) is 12.5. The number of rotatable bonds is 4. The van der Waals surface area contributed by atoms with Gasteiger partial charge in [-0.3, -0.25) is 4.68 Å². The lowest BCUT2D eigenvalue weighted by Crippen LogP contribution is -2.07. The summed E-state index contributed by atoms with van der Waals surface area (Å²) in [4.78, 5) is 0. The van der Waals surface area contributed by atoms with Crippen molar-refractivity contribution in [1.29, 1.82) is 0 Å². The highest BCUT2D eigenvalue weighted by molar-refractivity contribution is 6.31. The molecule has 0 unspecified atom stereocenters. The van der Waals surface area contributed by atoms with Crippen molar-refractivity contribution in [2.45, 2.75) is 31.9 Å². The smallest absolute Gasteiger partial charge is 0.0715 e. The Hall–Kier alpha value is -1.32. The Morgan fingerprint density at radius 1 is 1.28 bits per heavy atom. The van der Waals surface area contributed by atoms with Crippen LogP contribution in [0.2, 0.25) is 5.02 Å². The lowest BCUT2D eigenvalue weighted by Gasteiger charge is -2.09.